The van der Waals surface area contributed by atoms with Crippen LogP contribution >= 0.6 is 11.8 Å². The number of aliphatic hydroxyl groups is 1. The van der Waals surface area contributed by atoms with Crippen molar-refractivity contribution < 1.29 is 19.4 Å². The van der Waals surface area contributed by atoms with Crippen LogP contribution in [0, 0.1) is 5.92 Å². The first-order chi connectivity index (χ1) is 14.5. The van der Waals surface area contributed by atoms with Crippen LogP contribution in [0.15, 0.2) is 23.1 Å². The fourth-order valence-electron chi connectivity index (χ4n) is 4.66. The Labute approximate surface area is 182 Å². The summed E-state index contributed by atoms with van der Waals surface area (Å²) in [5.74, 6) is 0.928. The van der Waals surface area contributed by atoms with Gasteiger partial charge in [-0.05, 0) is 42.9 Å². The molecular weight excluding hydrogens is 402 g/mol. The lowest BCUT2D eigenvalue weighted by Gasteiger charge is -2.39. The quantitative estimate of drug-likeness (QED) is 0.709. The van der Waals surface area contributed by atoms with Gasteiger partial charge in [0.05, 0.1) is 24.0 Å². The molecule has 4 rings (SSSR count). The summed E-state index contributed by atoms with van der Waals surface area (Å²) in [6.45, 7) is 3.85. The molecule has 0 spiro atoms. The first-order valence-corrected chi connectivity index (χ1v) is 11.8. The van der Waals surface area contributed by atoms with Gasteiger partial charge in [-0.15, -0.1) is 11.8 Å². The molecule has 1 aromatic carbocycles. The van der Waals surface area contributed by atoms with Gasteiger partial charge >= 0.3 is 0 Å². The number of likely N-dealkylation sites (N-methyl/N-ethyl adjacent to an activating group) is 1. The molecule has 3 heterocycles. The summed E-state index contributed by atoms with van der Waals surface area (Å²) in [6.07, 6.45) is 2.77. The lowest BCUT2D eigenvalue weighted by atomic mass is 9.90. The number of hydrogen-bond acceptors (Lipinski definition) is 6. The van der Waals surface area contributed by atoms with Crippen LogP contribution in [0.2, 0.25) is 0 Å². The molecule has 0 bridgehead atoms. The third-order valence-corrected chi connectivity index (χ3v) is 7.50. The maximum atomic E-state index is 13.2. The number of benzene rings is 1. The number of nitrogens with one attached hydrogen (secondary N) is 1. The number of thioether (sulfide) groups is 1. The second-order valence-corrected chi connectivity index (χ2v) is 9.59. The average molecular weight is 434 g/mol. The summed E-state index contributed by atoms with van der Waals surface area (Å²) >= 11 is 1.53. The number of carbonyl (C=O) groups is 2. The van der Waals surface area contributed by atoms with Crippen molar-refractivity contribution in [1.82, 2.24) is 9.80 Å². The van der Waals surface area contributed by atoms with E-state index in [4.69, 9.17) is 4.74 Å². The normalized spacial score (nSPS) is 23.7. The molecule has 0 aliphatic carbocycles. The van der Waals surface area contributed by atoms with Gasteiger partial charge in [0.2, 0.25) is 11.8 Å². The Morgan fingerprint density at radius 3 is 2.90 bits per heavy atom. The number of anilines is 1. The van der Waals surface area contributed by atoms with Crippen molar-refractivity contribution in [1.29, 1.82) is 0 Å². The minimum Gasteiger partial charge on any atom is -0.392 e. The summed E-state index contributed by atoms with van der Waals surface area (Å²) in [7, 11) is 1.91. The minimum absolute atomic E-state index is 0.000441. The number of ether oxygens (including phenoxy) is 1. The fraction of sp³-hybridized carbons (Fsp3) is 0.636. The van der Waals surface area contributed by atoms with E-state index in [1.165, 1.54) is 11.8 Å². The summed E-state index contributed by atoms with van der Waals surface area (Å²) in [6, 6.07) is 6.00. The molecule has 2 atom stereocenters. The van der Waals surface area contributed by atoms with Gasteiger partial charge in [0.1, 0.15) is 0 Å². The second-order valence-electron chi connectivity index (χ2n) is 8.57. The number of nitrogens with zero attached hydrogens (tertiary/aromatic N) is 2. The van der Waals surface area contributed by atoms with Gasteiger partial charge in [0.15, 0.2) is 0 Å². The van der Waals surface area contributed by atoms with Gasteiger partial charge in [-0.2, -0.15) is 0 Å². The van der Waals surface area contributed by atoms with Crippen LogP contribution in [0.5, 0.6) is 0 Å². The molecule has 0 radical (unpaired) electrons. The van der Waals surface area contributed by atoms with E-state index in [9.17, 15) is 14.7 Å². The van der Waals surface area contributed by atoms with E-state index in [0.717, 1.165) is 61.7 Å². The number of hydrogen-bond donors (Lipinski definition) is 2. The number of β-amino-alcohol motifs (C(OH)–C–C–N with tert-alkyl or cyclic N) is 1. The highest BCUT2D eigenvalue weighted by Crippen LogP contribution is 2.32. The topological polar surface area (TPSA) is 82.1 Å². The molecule has 8 heteroatoms. The monoisotopic (exact) mass is 433 g/mol. The van der Waals surface area contributed by atoms with Crippen molar-refractivity contribution in [2.24, 2.45) is 5.92 Å². The van der Waals surface area contributed by atoms with Gasteiger partial charge < -0.3 is 20.1 Å². The number of likely N-dealkylation sites (tertiary alicyclic amines) is 1. The molecule has 2 fully saturated rings. The Hall–Kier alpha value is -1.61. The van der Waals surface area contributed by atoms with E-state index in [-0.39, 0.29) is 24.0 Å². The Bertz CT molecular complexity index is 784. The molecule has 2 N–H and O–H groups in total. The van der Waals surface area contributed by atoms with E-state index < -0.39 is 0 Å². The highest BCUT2D eigenvalue weighted by molar-refractivity contribution is 8.00. The molecule has 2 unspecified atom stereocenters. The lowest BCUT2D eigenvalue weighted by Crippen LogP contribution is -2.50. The molecule has 164 valence electrons. The van der Waals surface area contributed by atoms with Crippen LogP contribution in [0.3, 0.4) is 0 Å². The zero-order valence-corrected chi connectivity index (χ0v) is 18.3. The predicted molar refractivity (Wildman–Crippen MR) is 117 cm³/mol. The molecule has 3 aliphatic heterocycles. The highest BCUT2D eigenvalue weighted by atomic mass is 32.2. The summed E-state index contributed by atoms with van der Waals surface area (Å²) in [4.78, 5) is 30.1. The van der Waals surface area contributed by atoms with Crippen molar-refractivity contribution in [2.45, 2.75) is 42.7 Å². The van der Waals surface area contributed by atoms with Gasteiger partial charge in [-0.25, -0.2) is 0 Å². The summed E-state index contributed by atoms with van der Waals surface area (Å²) in [5, 5.41) is 12.8. The molecule has 7 nitrogen and oxygen atoms in total. The third-order valence-electron chi connectivity index (χ3n) is 6.43. The molecule has 0 aromatic heterocycles. The average Bonchev–Trinajstić information content (AvgIpc) is 3.16. The van der Waals surface area contributed by atoms with E-state index in [1.807, 2.05) is 30.1 Å². The van der Waals surface area contributed by atoms with Crippen molar-refractivity contribution in [3.05, 3.63) is 23.8 Å². The number of carbonyl (C=O) groups excluding carboxylic acids is 2. The minimum atomic E-state index is -0.259. The van der Waals surface area contributed by atoms with Gasteiger partial charge in [0.25, 0.3) is 0 Å². The zero-order valence-electron chi connectivity index (χ0n) is 17.5. The van der Waals surface area contributed by atoms with Crippen molar-refractivity contribution >= 4 is 29.3 Å². The Balaban J connectivity index is 1.44. The largest absolute Gasteiger partial charge is 0.392 e. The maximum absolute atomic E-state index is 13.2. The SMILES string of the molecule is CN(C(=O)Cc1ccc2c(c1)NC(=O)CS2)C(CN1CCC(O)C1)C1CCOCC1. The standard InChI is InChI=1S/C22H31N3O4S/c1-24(19(16-5-8-29-9-6-16)13-25-7-4-17(26)12-25)22(28)11-15-2-3-20-18(10-15)23-21(27)14-30-20/h2-3,10,16-17,19,26H,4-9,11-14H2,1H3,(H,23,27). The van der Waals surface area contributed by atoms with E-state index in [1.54, 1.807) is 0 Å². The van der Waals surface area contributed by atoms with Crippen molar-refractivity contribution in [2.75, 3.05) is 51.0 Å². The van der Waals surface area contributed by atoms with Gasteiger partial charge in [0, 0.05) is 50.8 Å². The Morgan fingerprint density at radius 2 is 2.17 bits per heavy atom. The van der Waals surface area contributed by atoms with Crippen molar-refractivity contribution in [3.8, 4) is 0 Å². The zero-order chi connectivity index (χ0) is 21.1. The molecule has 2 saturated heterocycles. The number of rotatable bonds is 6. The molecule has 1 aromatic rings. The summed E-state index contributed by atoms with van der Waals surface area (Å²) < 4.78 is 5.54. The lowest BCUT2D eigenvalue weighted by molar-refractivity contribution is -0.133. The first-order valence-electron chi connectivity index (χ1n) is 10.8. The van der Waals surface area contributed by atoms with Gasteiger partial charge in [-0.1, -0.05) is 6.07 Å². The number of aliphatic hydroxyl groups excluding tert-OH is 1. The van der Waals surface area contributed by atoms with Crippen molar-refractivity contribution in [3.63, 3.8) is 0 Å². The van der Waals surface area contributed by atoms with Crippen LogP contribution in [0.4, 0.5) is 5.69 Å². The molecule has 2 amide bonds. The molecular formula is C22H31N3O4S. The van der Waals surface area contributed by atoms with E-state index >= 15 is 0 Å². The molecule has 3 aliphatic rings. The van der Waals surface area contributed by atoms with Gasteiger partial charge in [-0.3, -0.25) is 14.5 Å². The summed E-state index contributed by atoms with van der Waals surface area (Å²) in [5.41, 5.74) is 1.71. The fourth-order valence-corrected chi connectivity index (χ4v) is 5.44. The maximum Gasteiger partial charge on any atom is 0.234 e. The smallest absolute Gasteiger partial charge is 0.234 e. The Kier molecular flexibility index (Phi) is 6.98. The first kappa shape index (κ1) is 21.6. The number of fused-ring (bicyclic) bond motifs is 1. The second kappa shape index (κ2) is 9.68. The van der Waals surface area contributed by atoms with Crippen LogP contribution in [-0.4, -0.2) is 84.5 Å². The molecule has 0 saturated carbocycles. The number of amides is 2. The van der Waals surface area contributed by atoms with Crippen LogP contribution in [-0.2, 0) is 20.7 Å². The Morgan fingerprint density at radius 1 is 1.37 bits per heavy atom. The van der Waals surface area contributed by atoms with E-state index in [0.29, 0.717) is 24.6 Å². The van der Waals surface area contributed by atoms with Crippen LogP contribution < -0.4 is 5.32 Å². The van der Waals surface area contributed by atoms with Crippen LogP contribution in [0.1, 0.15) is 24.8 Å². The van der Waals surface area contributed by atoms with E-state index in [2.05, 4.69) is 10.2 Å². The highest BCUT2D eigenvalue weighted by Gasteiger charge is 2.33. The molecule has 30 heavy (non-hydrogen) atoms. The van der Waals surface area contributed by atoms with Crippen LogP contribution in [0.25, 0.3) is 0 Å². The third kappa shape index (κ3) is 5.17. The predicted octanol–water partition coefficient (Wildman–Crippen LogP) is 1.59.